The van der Waals surface area contributed by atoms with Crippen molar-refractivity contribution in [3.63, 3.8) is 0 Å². The minimum absolute atomic E-state index is 0.136. The second-order valence-electron chi connectivity index (χ2n) is 4.78. The van der Waals surface area contributed by atoms with Gasteiger partial charge in [-0.2, -0.15) is 5.10 Å². The summed E-state index contributed by atoms with van der Waals surface area (Å²) in [5.41, 5.74) is 1.58. The van der Waals surface area contributed by atoms with Crippen molar-refractivity contribution in [1.82, 2.24) is 15.1 Å². The van der Waals surface area contributed by atoms with Crippen molar-refractivity contribution in [2.75, 3.05) is 0 Å². The molecule has 0 spiro atoms. The number of aromatic nitrogens is 2. The van der Waals surface area contributed by atoms with Gasteiger partial charge in [0, 0.05) is 18.4 Å². The minimum atomic E-state index is -0.539. The fraction of sp³-hybridized carbons (Fsp3) is 0.143. The lowest BCUT2D eigenvalue weighted by atomic mass is 10.0. The Hall–Kier alpha value is -3.03. The van der Waals surface area contributed by atoms with Crippen molar-refractivity contribution in [1.29, 1.82) is 0 Å². The summed E-state index contributed by atoms with van der Waals surface area (Å²) in [5.74, 6) is -0.549. The lowest BCUT2D eigenvalue weighted by Gasteiger charge is -2.21. The van der Waals surface area contributed by atoms with Crippen LogP contribution >= 0.6 is 0 Å². The highest BCUT2D eigenvalue weighted by molar-refractivity contribution is 5.97. The molecule has 0 radical (unpaired) electrons. The molecule has 0 atom stereocenters. The van der Waals surface area contributed by atoms with E-state index in [1.165, 1.54) is 35.1 Å². The largest absolute Gasteiger partial charge is 0.324 e. The van der Waals surface area contributed by atoms with Crippen LogP contribution in [0, 0.1) is 15.9 Å². The molecule has 0 bridgehead atoms. The molecule has 2 aromatic rings. The molecule has 2 heterocycles. The van der Waals surface area contributed by atoms with Gasteiger partial charge in [-0.3, -0.25) is 14.9 Å². The maximum Gasteiger partial charge on any atom is 0.307 e. The third kappa shape index (κ3) is 2.58. The number of carbonyl (C=O) groups excluding carboxylic acids is 1. The van der Waals surface area contributed by atoms with Gasteiger partial charge in [0.25, 0.3) is 0 Å². The van der Waals surface area contributed by atoms with Crippen molar-refractivity contribution in [2.45, 2.75) is 12.8 Å². The van der Waals surface area contributed by atoms with Crippen LogP contribution in [0.4, 0.5) is 10.1 Å². The van der Waals surface area contributed by atoms with E-state index in [1.807, 2.05) is 0 Å². The van der Waals surface area contributed by atoms with Crippen LogP contribution in [-0.2, 0) is 4.79 Å². The molecule has 0 saturated heterocycles. The zero-order chi connectivity index (χ0) is 15.7. The number of carbonyl (C=O) groups is 1. The number of benzene rings is 1. The number of allylic oxidation sites excluding steroid dienone is 1. The summed E-state index contributed by atoms with van der Waals surface area (Å²) >= 11 is 0. The molecule has 3 rings (SSSR count). The first-order valence-corrected chi connectivity index (χ1v) is 6.53. The van der Waals surface area contributed by atoms with Gasteiger partial charge in [0.1, 0.15) is 18.2 Å². The molecule has 0 unspecified atom stereocenters. The maximum atomic E-state index is 13.0. The van der Waals surface area contributed by atoms with Crippen molar-refractivity contribution >= 4 is 23.0 Å². The number of nitrogens with one attached hydrogen (secondary N) is 1. The molecule has 0 fully saturated rings. The zero-order valence-corrected chi connectivity index (χ0v) is 11.3. The van der Waals surface area contributed by atoms with Gasteiger partial charge in [-0.05, 0) is 24.3 Å². The van der Waals surface area contributed by atoms with Gasteiger partial charge in [0.05, 0.1) is 16.3 Å². The van der Waals surface area contributed by atoms with E-state index >= 15 is 0 Å². The second-order valence-corrected chi connectivity index (χ2v) is 4.78. The molecule has 1 amide bonds. The fourth-order valence-corrected chi connectivity index (χ4v) is 2.27. The first-order chi connectivity index (χ1) is 10.5. The number of hydrogen-bond acceptors (Lipinski definition) is 4. The van der Waals surface area contributed by atoms with E-state index in [2.05, 4.69) is 10.4 Å². The number of nitrogens with zero attached hydrogens (tertiary/aromatic N) is 3. The minimum Gasteiger partial charge on any atom is -0.324 e. The summed E-state index contributed by atoms with van der Waals surface area (Å²) in [6.07, 6.45) is 3.08. The van der Waals surface area contributed by atoms with Crippen LogP contribution in [0.15, 0.2) is 36.7 Å². The van der Waals surface area contributed by atoms with Crippen LogP contribution in [0.3, 0.4) is 0 Å². The number of nitro groups is 1. The highest BCUT2D eigenvalue weighted by Crippen LogP contribution is 2.28. The summed E-state index contributed by atoms with van der Waals surface area (Å²) in [4.78, 5) is 21.9. The third-order valence-electron chi connectivity index (χ3n) is 3.33. The van der Waals surface area contributed by atoms with Gasteiger partial charge < -0.3 is 5.32 Å². The molecule has 1 aliphatic heterocycles. The molecule has 7 nitrogen and oxygen atoms in total. The Morgan fingerprint density at radius 1 is 1.27 bits per heavy atom. The lowest BCUT2D eigenvalue weighted by molar-refractivity contribution is -0.384. The summed E-state index contributed by atoms with van der Waals surface area (Å²) in [6.45, 7) is 0. The van der Waals surface area contributed by atoms with Crippen LogP contribution in [0.1, 0.15) is 18.4 Å². The standard InChI is InChI=1S/C14H11FN4O3/c15-10-3-1-9(2-4-10)14-12(5-6-13(20)17-14)18-8-11(7-16-18)19(21)22/h1-4,7-8H,5-6H2,(H,17,20). The molecular weight excluding hydrogens is 291 g/mol. The second kappa shape index (κ2) is 5.40. The molecule has 1 aromatic carbocycles. The van der Waals surface area contributed by atoms with E-state index < -0.39 is 4.92 Å². The van der Waals surface area contributed by atoms with Crippen molar-refractivity contribution in [3.8, 4) is 0 Å². The van der Waals surface area contributed by atoms with E-state index in [-0.39, 0.29) is 23.8 Å². The number of halogens is 1. The van der Waals surface area contributed by atoms with Crippen LogP contribution in [0.2, 0.25) is 0 Å². The highest BCUT2D eigenvalue weighted by atomic mass is 19.1. The smallest absolute Gasteiger partial charge is 0.307 e. The van der Waals surface area contributed by atoms with Gasteiger partial charge in [-0.25, -0.2) is 9.07 Å². The van der Waals surface area contributed by atoms with Gasteiger partial charge in [-0.15, -0.1) is 0 Å². The topological polar surface area (TPSA) is 90.1 Å². The predicted molar refractivity (Wildman–Crippen MR) is 75.8 cm³/mol. The number of hydrogen-bond donors (Lipinski definition) is 1. The predicted octanol–water partition coefficient (Wildman–Crippen LogP) is 2.17. The number of amides is 1. The Morgan fingerprint density at radius 2 is 2.00 bits per heavy atom. The Labute approximate surface area is 124 Å². The molecule has 8 heteroatoms. The fourth-order valence-electron chi connectivity index (χ4n) is 2.27. The first-order valence-electron chi connectivity index (χ1n) is 6.53. The molecule has 22 heavy (non-hydrogen) atoms. The van der Waals surface area contributed by atoms with E-state index in [4.69, 9.17) is 0 Å². The van der Waals surface area contributed by atoms with Crippen LogP contribution in [0.25, 0.3) is 11.4 Å². The summed E-state index contributed by atoms with van der Waals surface area (Å²) in [6, 6.07) is 5.64. The normalized spacial score (nSPS) is 14.9. The van der Waals surface area contributed by atoms with Gasteiger partial charge in [0.2, 0.25) is 5.91 Å². The molecular formula is C14H11FN4O3. The Morgan fingerprint density at radius 3 is 2.64 bits per heavy atom. The van der Waals surface area contributed by atoms with E-state index in [0.29, 0.717) is 23.4 Å². The van der Waals surface area contributed by atoms with Gasteiger partial charge >= 0.3 is 5.69 Å². The summed E-state index contributed by atoms with van der Waals surface area (Å²) < 4.78 is 14.4. The SMILES string of the molecule is O=C1CCC(n2cc([N+](=O)[O-])cn2)=C(c2ccc(F)cc2)N1. The summed E-state index contributed by atoms with van der Waals surface area (Å²) in [5, 5.41) is 17.5. The lowest BCUT2D eigenvalue weighted by Crippen LogP contribution is -2.28. The van der Waals surface area contributed by atoms with Gasteiger partial charge in [0.15, 0.2) is 0 Å². The maximum absolute atomic E-state index is 13.0. The van der Waals surface area contributed by atoms with Crippen molar-refractivity contribution in [2.24, 2.45) is 0 Å². The molecule has 1 N–H and O–H groups in total. The Balaban J connectivity index is 2.09. The third-order valence-corrected chi connectivity index (χ3v) is 3.33. The average Bonchev–Trinajstić information content (AvgIpc) is 2.98. The Kier molecular flexibility index (Phi) is 3.42. The average molecular weight is 302 g/mol. The quantitative estimate of drug-likeness (QED) is 0.695. The van der Waals surface area contributed by atoms with Gasteiger partial charge in [-0.1, -0.05) is 0 Å². The molecule has 1 aromatic heterocycles. The zero-order valence-electron chi connectivity index (χ0n) is 11.3. The molecule has 0 aliphatic carbocycles. The van der Waals surface area contributed by atoms with E-state index in [0.717, 1.165) is 6.20 Å². The molecule has 112 valence electrons. The molecule has 1 aliphatic rings. The molecule has 0 saturated carbocycles. The summed E-state index contributed by atoms with van der Waals surface area (Å²) in [7, 11) is 0. The highest BCUT2D eigenvalue weighted by Gasteiger charge is 2.22. The first kappa shape index (κ1) is 13.9. The van der Waals surface area contributed by atoms with E-state index in [9.17, 15) is 19.3 Å². The van der Waals surface area contributed by atoms with Crippen molar-refractivity contribution < 1.29 is 14.1 Å². The number of rotatable bonds is 3. The van der Waals surface area contributed by atoms with Crippen LogP contribution in [-0.4, -0.2) is 20.6 Å². The van der Waals surface area contributed by atoms with E-state index in [1.54, 1.807) is 0 Å². The monoisotopic (exact) mass is 302 g/mol. The van der Waals surface area contributed by atoms with Crippen molar-refractivity contribution in [3.05, 3.63) is 58.2 Å². The van der Waals surface area contributed by atoms with Crippen LogP contribution < -0.4 is 5.32 Å². The van der Waals surface area contributed by atoms with Crippen LogP contribution in [0.5, 0.6) is 0 Å². The Bertz CT molecular complexity index is 780.